The molecule has 4 nitrogen and oxygen atoms in total. The Labute approximate surface area is 89.1 Å². The van der Waals surface area contributed by atoms with Gasteiger partial charge in [0.15, 0.2) is 0 Å². The fourth-order valence-corrected chi connectivity index (χ4v) is 1.20. The molecule has 0 spiro atoms. The van der Waals surface area contributed by atoms with Gasteiger partial charge < -0.3 is 16.2 Å². The van der Waals surface area contributed by atoms with Crippen molar-refractivity contribution in [3.05, 3.63) is 29.3 Å². The molecule has 0 aromatic heterocycles. The highest BCUT2D eigenvalue weighted by atomic mass is 16.3. The zero-order valence-corrected chi connectivity index (χ0v) is 8.95. The third-order valence-corrected chi connectivity index (χ3v) is 2.01. The number of rotatable bonds is 3. The fourth-order valence-electron chi connectivity index (χ4n) is 1.20. The first-order valence-electron chi connectivity index (χ1n) is 4.83. The highest BCUT2D eigenvalue weighted by Gasteiger charge is 2.09. The zero-order valence-electron chi connectivity index (χ0n) is 8.95. The van der Waals surface area contributed by atoms with Gasteiger partial charge in [-0.05, 0) is 26.0 Å². The lowest BCUT2D eigenvalue weighted by molar-refractivity contribution is 0.0925. The summed E-state index contributed by atoms with van der Waals surface area (Å²) in [7, 11) is 0. The predicted octanol–water partition coefficient (Wildman–Crippen LogP) is 0.688. The maximum atomic E-state index is 11.6. The van der Waals surface area contributed by atoms with Crippen LogP contribution in [0.4, 0.5) is 5.69 Å². The molecule has 0 aliphatic heterocycles. The predicted molar refractivity (Wildman–Crippen MR) is 59.6 cm³/mol. The summed E-state index contributed by atoms with van der Waals surface area (Å²) in [6, 6.07) is 5.28. The van der Waals surface area contributed by atoms with Crippen molar-refractivity contribution >= 4 is 11.6 Å². The minimum atomic E-state index is -0.556. The molecular formula is C11H16N2O2. The van der Waals surface area contributed by atoms with E-state index < -0.39 is 6.10 Å². The van der Waals surface area contributed by atoms with Crippen molar-refractivity contribution in [1.29, 1.82) is 0 Å². The van der Waals surface area contributed by atoms with Gasteiger partial charge in [-0.25, -0.2) is 0 Å². The summed E-state index contributed by atoms with van der Waals surface area (Å²) in [5, 5.41) is 11.6. The second kappa shape index (κ2) is 4.79. The van der Waals surface area contributed by atoms with E-state index in [1.165, 1.54) is 0 Å². The Balaban J connectivity index is 2.77. The highest BCUT2D eigenvalue weighted by molar-refractivity contribution is 5.99. The molecule has 82 valence electrons. The summed E-state index contributed by atoms with van der Waals surface area (Å²) in [5.74, 6) is -0.253. The number of hydrogen-bond donors (Lipinski definition) is 3. The zero-order chi connectivity index (χ0) is 11.4. The van der Waals surface area contributed by atoms with Crippen LogP contribution in [0.2, 0.25) is 0 Å². The topological polar surface area (TPSA) is 75.4 Å². The minimum Gasteiger partial charge on any atom is -0.398 e. The van der Waals surface area contributed by atoms with Crippen LogP contribution in [0.5, 0.6) is 0 Å². The number of carbonyl (C=O) groups excluding carboxylic acids is 1. The van der Waals surface area contributed by atoms with Crippen LogP contribution in [-0.2, 0) is 0 Å². The molecule has 1 aromatic carbocycles. The van der Waals surface area contributed by atoms with Gasteiger partial charge in [-0.1, -0.05) is 11.6 Å². The molecule has 0 unspecified atom stereocenters. The van der Waals surface area contributed by atoms with Gasteiger partial charge in [-0.2, -0.15) is 0 Å². The molecule has 4 N–H and O–H groups in total. The summed E-state index contributed by atoms with van der Waals surface area (Å²) in [5.41, 5.74) is 7.55. The highest BCUT2D eigenvalue weighted by Crippen LogP contribution is 2.13. The van der Waals surface area contributed by atoms with Crippen molar-refractivity contribution in [3.8, 4) is 0 Å². The monoisotopic (exact) mass is 208 g/mol. The molecule has 15 heavy (non-hydrogen) atoms. The number of nitrogens with one attached hydrogen (secondary N) is 1. The van der Waals surface area contributed by atoms with Crippen molar-refractivity contribution in [2.24, 2.45) is 0 Å². The number of carbonyl (C=O) groups is 1. The van der Waals surface area contributed by atoms with E-state index in [1.807, 2.05) is 13.0 Å². The number of aliphatic hydroxyl groups excluding tert-OH is 1. The maximum absolute atomic E-state index is 11.6. The summed E-state index contributed by atoms with van der Waals surface area (Å²) in [4.78, 5) is 11.6. The molecule has 0 fully saturated rings. The molecule has 0 saturated heterocycles. The van der Waals surface area contributed by atoms with E-state index in [2.05, 4.69) is 5.32 Å². The molecule has 4 heteroatoms. The third-order valence-electron chi connectivity index (χ3n) is 2.01. The number of nitrogen functional groups attached to an aromatic ring is 1. The van der Waals surface area contributed by atoms with Crippen LogP contribution in [0.3, 0.4) is 0 Å². The number of aliphatic hydroxyl groups is 1. The molecule has 0 aliphatic carbocycles. The number of aryl methyl sites for hydroxylation is 1. The molecular weight excluding hydrogens is 192 g/mol. The van der Waals surface area contributed by atoms with E-state index in [0.717, 1.165) is 5.56 Å². The Hall–Kier alpha value is -1.55. The molecule has 0 heterocycles. The summed E-state index contributed by atoms with van der Waals surface area (Å²) in [6.07, 6.45) is -0.556. The Morgan fingerprint density at radius 3 is 2.87 bits per heavy atom. The van der Waals surface area contributed by atoms with Gasteiger partial charge in [-0.3, -0.25) is 4.79 Å². The van der Waals surface area contributed by atoms with E-state index >= 15 is 0 Å². The molecule has 1 amide bonds. The molecule has 0 saturated carbocycles. The number of anilines is 1. The molecule has 0 aliphatic rings. The third kappa shape index (κ3) is 3.25. The van der Waals surface area contributed by atoms with Gasteiger partial charge in [0.2, 0.25) is 0 Å². The van der Waals surface area contributed by atoms with Crippen molar-refractivity contribution in [1.82, 2.24) is 5.32 Å². The lowest BCUT2D eigenvalue weighted by Gasteiger charge is -2.09. The lowest BCUT2D eigenvalue weighted by atomic mass is 10.1. The van der Waals surface area contributed by atoms with Gasteiger partial charge in [0.05, 0.1) is 11.7 Å². The summed E-state index contributed by atoms with van der Waals surface area (Å²) >= 11 is 0. The second-order valence-corrected chi connectivity index (χ2v) is 3.65. The SMILES string of the molecule is Cc1ccc(N)c(C(=O)NC[C@@H](C)O)c1. The molecule has 1 atom stereocenters. The van der Waals surface area contributed by atoms with Gasteiger partial charge >= 0.3 is 0 Å². The van der Waals surface area contributed by atoms with Crippen molar-refractivity contribution < 1.29 is 9.90 Å². The Morgan fingerprint density at radius 1 is 1.60 bits per heavy atom. The number of hydrogen-bond acceptors (Lipinski definition) is 3. The van der Waals surface area contributed by atoms with Crippen LogP contribution in [-0.4, -0.2) is 23.7 Å². The van der Waals surface area contributed by atoms with Crippen molar-refractivity contribution in [2.45, 2.75) is 20.0 Å². The normalized spacial score (nSPS) is 12.2. The van der Waals surface area contributed by atoms with E-state index in [4.69, 9.17) is 10.8 Å². The van der Waals surface area contributed by atoms with Crippen LogP contribution in [0.25, 0.3) is 0 Å². The number of amides is 1. The van der Waals surface area contributed by atoms with Crippen LogP contribution >= 0.6 is 0 Å². The van der Waals surface area contributed by atoms with Gasteiger partial charge in [-0.15, -0.1) is 0 Å². The fraction of sp³-hybridized carbons (Fsp3) is 0.364. The average Bonchev–Trinajstić information content (AvgIpc) is 2.18. The van der Waals surface area contributed by atoms with Gasteiger partial charge in [0.25, 0.3) is 5.91 Å². The van der Waals surface area contributed by atoms with E-state index in [0.29, 0.717) is 11.3 Å². The number of nitrogens with two attached hydrogens (primary N) is 1. The largest absolute Gasteiger partial charge is 0.398 e. The minimum absolute atomic E-state index is 0.228. The average molecular weight is 208 g/mol. The van der Waals surface area contributed by atoms with E-state index in [1.54, 1.807) is 19.1 Å². The quantitative estimate of drug-likeness (QED) is 0.640. The second-order valence-electron chi connectivity index (χ2n) is 3.65. The van der Waals surface area contributed by atoms with Gasteiger partial charge in [0, 0.05) is 12.2 Å². The maximum Gasteiger partial charge on any atom is 0.253 e. The first-order valence-corrected chi connectivity index (χ1v) is 4.83. The van der Waals surface area contributed by atoms with Crippen LogP contribution in [0.1, 0.15) is 22.8 Å². The molecule has 0 bridgehead atoms. The summed E-state index contributed by atoms with van der Waals surface area (Å²) in [6.45, 7) is 3.73. The molecule has 1 rings (SSSR count). The van der Waals surface area contributed by atoms with E-state index in [9.17, 15) is 4.79 Å². The van der Waals surface area contributed by atoms with E-state index in [-0.39, 0.29) is 12.5 Å². The Kier molecular flexibility index (Phi) is 3.68. The lowest BCUT2D eigenvalue weighted by Crippen LogP contribution is -2.31. The van der Waals surface area contributed by atoms with Crippen molar-refractivity contribution in [3.63, 3.8) is 0 Å². The van der Waals surface area contributed by atoms with Crippen LogP contribution < -0.4 is 11.1 Å². The number of benzene rings is 1. The van der Waals surface area contributed by atoms with Crippen molar-refractivity contribution in [2.75, 3.05) is 12.3 Å². The molecule has 0 radical (unpaired) electrons. The Bertz CT molecular complexity index is 362. The first kappa shape index (κ1) is 11.5. The standard InChI is InChI=1S/C11H16N2O2/c1-7-3-4-10(12)9(5-7)11(15)13-6-8(2)14/h3-5,8,14H,6,12H2,1-2H3,(H,13,15)/t8-/m1/s1. The molecule has 1 aromatic rings. The van der Waals surface area contributed by atoms with Gasteiger partial charge in [0.1, 0.15) is 0 Å². The van der Waals surface area contributed by atoms with Crippen LogP contribution in [0, 0.1) is 6.92 Å². The first-order chi connectivity index (χ1) is 7.00. The van der Waals surface area contributed by atoms with Crippen LogP contribution in [0.15, 0.2) is 18.2 Å². The smallest absolute Gasteiger partial charge is 0.253 e. The summed E-state index contributed by atoms with van der Waals surface area (Å²) < 4.78 is 0. The Morgan fingerprint density at radius 2 is 2.27 bits per heavy atom.